The van der Waals surface area contributed by atoms with Crippen molar-refractivity contribution in [3.63, 3.8) is 0 Å². The summed E-state index contributed by atoms with van der Waals surface area (Å²) in [5, 5.41) is 8.25. The van der Waals surface area contributed by atoms with Gasteiger partial charge in [0.15, 0.2) is 0 Å². The minimum atomic E-state index is -0.865. The average Bonchev–Trinajstić information content (AvgIpc) is 1.98. The second-order valence-electron chi connectivity index (χ2n) is 2.43. The molecule has 0 amide bonds. The van der Waals surface area contributed by atoms with Crippen LogP contribution in [0.25, 0.3) is 0 Å². The third-order valence-corrected chi connectivity index (χ3v) is 1.17. The van der Waals surface area contributed by atoms with Gasteiger partial charge in [-0.25, -0.2) is 0 Å². The van der Waals surface area contributed by atoms with Crippen LogP contribution in [0.3, 0.4) is 0 Å². The average molecular weight is 177 g/mol. The number of carboxylic acids is 1. The molecule has 0 aromatic carbocycles. The van der Waals surface area contributed by atoms with Crippen LogP contribution in [-0.4, -0.2) is 44.0 Å². The quantitative estimate of drug-likeness (QED) is 0.510. The van der Waals surface area contributed by atoms with Crippen molar-refractivity contribution >= 4 is 5.97 Å². The summed E-state index contributed by atoms with van der Waals surface area (Å²) in [4.78, 5) is 10.0. The van der Waals surface area contributed by atoms with Crippen LogP contribution in [0, 0.1) is 0 Å². The van der Waals surface area contributed by atoms with Crippen LogP contribution in [0.5, 0.6) is 0 Å². The second kappa shape index (κ2) is 7.02. The van der Waals surface area contributed by atoms with Gasteiger partial charge in [-0.2, -0.15) is 0 Å². The lowest BCUT2D eigenvalue weighted by Crippen LogP contribution is -2.31. The highest BCUT2D eigenvalue weighted by Gasteiger charge is 2.02. The van der Waals surface area contributed by atoms with E-state index in [9.17, 15) is 4.79 Å². The Kier molecular flexibility index (Phi) is 6.64. The van der Waals surface area contributed by atoms with Crippen molar-refractivity contribution in [2.24, 2.45) is 5.73 Å². The molecule has 0 unspecified atom stereocenters. The molecule has 0 aliphatic rings. The molecule has 3 N–H and O–H groups in total. The normalized spacial score (nSPS) is 12.8. The van der Waals surface area contributed by atoms with Gasteiger partial charge >= 0.3 is 5.97 Å². The molecule has 1 atom stereocenters. The number of nitrogens with two attached hydrogens (primary N) is 1. The first kappa shape index (κ1) is 11.4. The highest BCUT2D eigenvalue weighted by molar-refractivity contribution is 5.66. The van der Waals surface area contributed by atoms with Crippen LogP contribution in [0.15, 0.2) is 0 Å². The van der Waals surface area contributed by atoms with E-state index in [2.05, 4.69) is 0 Å². The van der Waals surface area contributed by atoms with Gasteiger partial charge in [-0.1, -0.05) is 0 Å². The number of ether oxygens (including phenoxy) is 2. The molecule has 0 saturated heterocycles. The van der Waals surface area contributed by atoms with Crippen molar-refractivity contribution in [3.05, 3.63) is 0 Å². The number of aliphatic carboxylic acids is 1. The molecule has 0 fully saturated rings. The fourth-order valence-corrected chi connectivity index (χ4v) is 0.656. The highest BCUT2D eigenvalue weighted by Crippen LogP contribution is 1.86. The van der Waals surface area contributed by atoms with Crippen LogP contribution in [0.4, 0.5) is 0 Å². The maximum Gasteiger partial charge on any atom is 0.305 e. The summed E-state index contributed by atoms with van der Waals surface area (Å²) in [7, 11) is 1.55. The van der Waals surface area contributed by atoms with Gasteiger partial charge in [0.05, 0.1) is 32.3 Å². The monoisotopic (exact) mass is 177 g/mol. The topological polar surface area (TPSA) is 81.8 Å². The molecule has 0 aromatic rings. The van der Waals surface area contributed by atoms with E-state index in [-0.39, 0.29) is 19.1 Å². The largest absolute Gasteiger partial charge is 0.481 e. The second-order valence-corrected chi connectivity index (χ2v) is 2.43. The Morgan fingerprint density at radius 3 is 2.75 bits per heavy atom. The van der Waals surface area contributed by atoms with Gasteiger partial charge in [0.1, 0.15) is 0 Å². The lowest BCUT2D eigenvalue weighted by Gasteiger charge is -2.09. The van der Waals surface area contributed by atoms with E-state index >= 15 is 0 Å². The van der Waals surface area contributed by atoms with E-state index in [4.69, 9.17) is 20.3 Å². The van der Waals surface area contributed by atoms with E-state index in [0.29, 0.717) is 13.2 Å². The van der Waals surface area contributed by atoms with Crippen molar-refractivity contribution in [2.75, 3.05) is 26.9 Å². The van der Waals surface area contributed by atoms with Crippen molar-refractivity contribution in [1.82, 2.24) is 0 Å². The third kappa shape index (κ3) is 7.46. The molecule has 0 bridgehead atoms. The first-order valence-electron chi connectivity index (χ1n) is 3.71. The Morgan fingerprint density at radius 2 is 2.25 bits per heavy atom. The maximum atomic E-state index is 10.0. The van der Waals surface area contributed by atoms with E-state index in [1.54, 1.807) is 7.11 Å². The van der Waals surface area contributed by atoms with Crippen LogP contribution < -0.4 is 5.73 Å². The van der Waals surface area contributed by atoms with E-state index in [1.807, 2.05) is 0 Å². The van der Waals surface area contributed by atoms with Crippen molar-refractivity contribution in [3.8, 4) is 0 Å². The third-order valence-electron chi connectivity index (χ3n) is 1.17. The summed E-state index contributed by atoms with van der Waals surface area (Å²) in [6, 6.07) is -0.177. The van der Waals surface area contributed by atoms with Crippen molar-refractivity contribution in [1.29, 1.82) is 0 Å². The summed E-state index contributed by atoms with van der Waals surface area (Å²) in [5.41, 5.74) is 5.50. The Balaban J connectivity index is 3.13. The van der Waals surface area contributed by atoms with E-state index in [0.717, 1.165) is 0 Å². The fourth-order valence-electron chi connectivity index (χ4n) is 0.656. The first-order chi connectivity index (χ1) is 5.66. The first-order valence-corrected chi connectivity index (χ1v) is 3.71. The predicted molar refractivity (Wildman–Crippen MR) is 42.9 cm³/mol. The molecular weight excluding hydrogens is 162 g/mol. The summed E-state index contributed by atoms with van der Waals surface area (Å²) >= 11 is 0. The highest BCUT2D eigenvalue weighted by atomic mass is 16.5. The van der Waals surface area contributed by atoms with Gasteiger partial charge < -0.3 is 20.3 Å². The Bertz CT molecular complexity index is 129. The molecule has 0 aliphatic heterocycles. The van der Waals surface area contributed by atoms with Crippen LogP contribution in [0.1, 0.15) is 6.42 Å². The maximum absolute atomic E-state index is 10.0. The molecular formula is C7H15NO4. The number of carboxylic acid groups (broad SMARTS) is 1. The van der Waals surface area contributed by atoms with Crippen molar-refractivity contribution < 1.29 is 19.4 Å². The molecule has 0 rings (SSSR count). The molecule has 0 radical (unpaired) electrons. The Hall–Kier alpha value is -0.650. The molecule has 0 aliphatic carbocycles. The number of methoxy groups -OCH3 is 1. The minimum Gasteiger partial charge on any atom is -0.481 e. The molecule has 12 heavy (non-hydrogen) atoms. The Labute approximate surface area is 71.5 Å². The summed E-state index contributed by atoms with van der Waals surface area (Å²) in [6.07, 6.45) is 0.0136. The summed E-state index contributed by atoms with van der Waals surface area (Å²) in [6.45, 7) is 0.959. The Morgan fingerprint density at radius 1 is 1.58 bits per heavy atom. The molecule has 5 heteroatoms. The number of hydrogen-bond acceptors (Lipinski definition) is 4. The molecule has 5 nitrogen and oxygen atoms in total. The standard InChI is InChI=1S/C7H15NO4/c1-11-4-6(8)5-12-3-2-7(9)10/h6H,2-5,8H2,1H3,(H,9,10)/t6-/m0/s1. The van der Waals surface area contributed by atoms with Gasteiger partial charge in [0.25, 0.3) is 0 Å². The van der Waals surface area contributed by atoms with Gasteiger partial charge in [-0.05, 0) is 0 Å². The lowest BCUT2D eigenvalue weighted by atomic mass is 10.3. The fraction of sp³-hybridized carbons (Fsp3) is 0.857. The predicted octanol–water partition coefficient (Wildman–Crippen LogP) is -0.549. The molecule has 0 aromatic heterocycles. The molecule has 72 valence electrons. The zero-order valence-electron chi connectivity index (χ0n) is 7.16. The molecule has 0 spiro atoms. The van der Waals surface area contributed by atoms with E-state index < -0.39 is 5.97 Å². The van der Waals surface area contributed by atoms with Crippen LogP contribution >= 0.6 is 0 Å². The van der Waals surface area contributed by atoms with Crippen LogP contribution in [0.2, 0.25) is 0 Å². The molecule has 0 heterocycles. The number of rotatable bonds is 7. The molecule has 0 saturated carbocycles. The van der Waals surface area contributed by atoms with Crippen LogP contribution in [-0.2, 0) is 14.3 Å². The van der Waals surface area contributed by atoms with Gasteiger partial charge in [0, 0.05) is 7.11 Å². The number of carbonyl (C=O) groups is 1. The minimum absolute atomic E-state index is 0.0136. The zero-order chi connectivity index (χ0) is 9.40. The number of hydrogen-bond donors (Lipinski definition) is 2. The summed E-state index contributed by atoms with van der Waals surface area (Å²) < 4.78 is 9.73. The summed E-state index contributed by atoms with van der Waals surface area (Å²) in [5.74, 6) is -0.865. The van der Waals surface area contributed by atoms with E-state index in [1.165, 1.54) is 0 Å². The van der Waals surface area contributed by atoms with Crippen molar-refractivity contribution in [2.45, 2.75) is 12.5 Å². The lowest BCUT2D eigenvalue weighted by molar-refractivity contribution is -0.138. The van der Waals surface area contributed by atoms with Gasteiger partial charge in [-0.3, -0.25) is 4.79 Å². The smallest absolute Gasteiger partial charge is 0.305 e. The van der Waals surface area contributed by atoms with Gasteiger partial charge in [0.2, 0.25) is 0 Å². The van der Waals surface area contributed by atoms with Gasteiger partial charge in [-0.15, -0.1) is 0 Å². The zero-order valence-corrected chi connectivity index (χ0v) is 7.16. The SMILES string of the molecule is COC[C@H](N)COCCC(=O)O.